The summed E-state index contributed by atoms with van der Waals surface area (Å²) in [5, 5.41) is 2.22. The summed E-state index contributed by atoms with van der Waals surface area (Å²) < 4.78 is 3.43. The Morgan fingerprint density at radius 3 is 2.85 bits per heavy atom. The van der Waals surface area contributed by atoms with Gasteiger partial charge in [0.2, 0.25) is 0 Å². The van der Waals surface area contributed by atoms with Gasteiger partial charge in [-0.15, -0.1) is 11.3 Å². The summed E-state index contributed by atoms with van der Waals surface area (Å²) in [7, 11) is 0. The molecule has 0 bridgehead atoms. The molecule has 0 fully saturated rings. The topological polar surface area (TPSA) is 43.8 Å². The number of hydrogen-bond acceptors (Lipinski definition) is 3. The molecule has 20 heavy (non-hydrogen) atoms. The molecule has 2 N–H and O–H groups in total. The van der Waals surface area contributed by atoms with Crippen molar-refractivity contribution in [1.82, 2.24) is 9.55 Å². The van der Waals surface area contributed by atoms with Crippen LogP contribution in [0.2, 0.25) is 0 Å². The second-order valence-corrected chi connectivity index (χ2v) is 5.91. The number of nitrogens with zero attached hydrogens (tertiary/aromatic N) is 2. The predicted molar refractivity (Wildman–Crippen MR) is 85.1 cm³/mol. The maximum absolute atomic E-state index is 6.00. The first-order valence-electron chi connectivity index (χ1n) is 6.49. The fourth-order valence-electron chi connectivity index (χ4n) is 2.52. The lowest BCUT2D eigenvalue weighted by molar-refractivity contribution is 0.831. The fourth-order valence-corrected chi connectivity index (χ4v) is 3.48. The smallest absolute Gasteiger partial charge is 0.114 e. The summed E-state index contributed by atoms with van der Waals surface area (Å²) in [6, 6.07) is 16.3. The van der Waals surface area contributed by atoms with Crippen LogP contribution in [-0.4, -0.2) is 9.55 Å². The molecule has 0 aliphatic heterocycles. The van der Waals surface area contributed by atoms with Crippen LogP contribution < -0.4 is 5.73 Å². The number of anilines is 1. The molecule has 0 saturated heterocycles. The van der Waals surface area contributed by atoms with E-state index in [1.165, 1.54) is 4.70 Å². The van der Waals surface area contributed by atoms with Crippen molar-refractivity contribution >= 4 is 38.1 Å². The van der Waals surface area contributed by atoms with E-state index < -0.39 is 0 Å². The lowest BCUT2D eigenvalue weighted by Crippen LogP contribution is -1.97. The molecule has 4 rings (SSSR count). The zero-order valence-corrected chi connectivity index (χ0v) is 11.6. The summed E-state index contributed by atoms with van der Waals surface area (Å²) in [6.07, 6.45) is 2.08. The molecular formula is C16H13N3S. The molecule has 0 aliphatic rings. The van der Waals surface area contributed by atoms with Gasteiger partial charge in [-0.3, -0.25) is 0 Å². The van der Waals surface area contributed by atoms with Gasteiger partial charge in [-0.2, -0.15) is 0 Å². The first-order chi connectivity index (χ1) is 9.81. The highest BCUT2D eigenvalue weighted by Gasteiger charge is 2.07. The molecule has 4 heteroatoms. The number of hydrogen-bond donors (Lipinski definition) is 1. The largest absolute Gasteiger partial charge is 0.398 e. The Bertz CT molecular complexity index is 871. The Kier molecular flexibility index (Phi) is 2.50. The van der Waals surface area contributed by atoms with E-state index in [-0.39, 0.29) is 0 Å². The summed E-state index contributed by atoms with van der Waals surface area (Å²) >= 11 is 1.75. The molecule has 4 aromatic rings. The first-order valence-corrected chi connectivity index (χ1v) is 7.31. The van der Waals surface area contributed by atoms with Crippen molar-refractivity contribution in [1.29, 1.82) is 0 Å². The van der Waals surface area contributed by atoms with Gasteiger partial charge in [0.1, 0.15) is 5.01 Å². The van der Waals surface area contributed by atoms with E-state index in [4.69, 9.17) is 5.73 Å². The minimum absolute atomic E-state index is 0.784. The molecule has 0 radical (unpaired) electrons. The van der Waals surface area contributed by atoms with Crippen molar-refractivity contribution in [3.8, 4) is 0 Å². The number of rotatable bonds is 2. The van der Waals surface area contributed by atoms with Gasteiger partial charge in [-0.1, -0.05) is 18.2 Å². The highest BCUT2D eigenvalue weighted by atomic mass is 32.1. The van der Waals surface area contributed by atoms with Crippen LogP contribution in [0, 0.1) is 0 Å². The van der Waals surface area contributed by atoms with Crippen molar-refractivity contribution in [2.45, 2.75) is 6.54 Å². The number of thiazole rings is 1. The molecule has 2 heterocycles. The zero-order chi connectivity index (χ0) is 13.5. The van der Waals surface area contributed by atoms with Crippen LogP contribution in [0.1, 0.15) is 5.01 Å². The normalized spacial score (nSPS) is 11.4. The van der Waals surface area contributed by atoms with Crippen LogP contribution in [0.4, 0.5) is 5.69 Å². The van der Waals surface area contributed by atoms with Gasteiger partial charge in [-0.25, -0.2) is 4.98 Å². The van der Waals surface area contributed by atoms with E-state index in [9.17, 15) is 0 Å². The Morgan fingerprint density at radius 1 is 1.05 bits per heavy atom. The van der Waals surface area contributed by atoms with Crippen molar-refractivity contribution < 1.29 is 0 Å². The third-order valence-corrected chi connectivity index (χ3v) is 4.51. The molecule has 0 amide bonds. The van der Waals surface area contributed by atoms with Gasteiger partial charge >= 0.3 is 0 Å². The van der Waals surface area contributed by atoms with Crippen LogP contribution in [-0.2, 0) is 6.54 Å². The van der Waals surface area contributed by atoms with Crippen LogP contribution in [0.15, 0.2) is 54.7 Å². The van der Waals surface area contributed by atoms with Crippen LogP contribution in [0.5, 0.6) is 0 Å². The molecular weight excluding hydrogens is 266 g/mol. The molecule has 0 atom stereocenters. The van der Waals surface area contributed by atoms with E-state index in [1.807, 2.05) is 18.2 Å². The zero-order valence-electron chi connectivity index (χ0n) is 10.8. The lowest BCUT2D eigenvalue weighted by Gasteiger charge is -2.03. The lowest BCUT2D eigenvalue weighted by atomic mass is 10.2. The van der Waals surface area contributed by atoms with E-state index in [0.717, 1.165) is 33.7 Å². The van der Waals surface area contributed by atoms with E-state index in [0.29, 0.717) is 0 Å². The summed E-state index contributed by atoms with van der Waals surface area (Å²) in [4.78, 5) is 4.68. The number of fused-ring (bicyclic) bond motifs is 2. The van der Waals surface area contributed by atoms with Gasteiger partial charge in [-0.05, 0) is 30.3 Å². The van der Waals surface area contributed by atoms with Crippen molar-refractivity contribution in [2.75, 3.05) is 5.73 Å². The van der Waals surface area contributed by atoms with E-state index in [2.05, 4.69) is 46.1 Å². The quantitative estimate of drug-likeness (QED) is 0.566. The van der Waals surface area contributed by atoms with Crippen molar-refractivity contribution in [3.05, 3.63) is 59.7 Å². The monoisotopic (exact) mass is 279 g/mol. The second kappa shape index (κ2) is 4.35. The number of aromatic nitrogens is 2. The van der Waals surface area contributed by atoms with Crippen molar-refractivity contribution in [2.24, 2.45) is 0 Å². The van der Waals surface area contributed by atoms with Crippen molar-refractivity contribution in [3.63, 3.8) is 0 Å². The predicted octanol–water partition coefficient (Wildman–Crippen LogP) is 3.88. The average molecular weight is 279 g/mol. The maximum Gasteiger partial charge on any atom is 0.114 e. The molecule has 2 aromatic carbocycles. The standard InChI is InChI=1S/C16H13N3S/c17-12-4-3-6-14-11(12)8-9-19(14)10-16-18-13-5-1-2-7-15(13)20-16/h1-9H,10,17H2. The molecule has 98 valence electrons. The number of benzene rings is 2. The Hall–Kier alpha value is -2.33. The molecule has 0 spiro atoms. The van der Waals surface area contributed by atoms with E-state index in [1.54, 1.807) is 11.3 Å². The van der Waals surface area contributed by atoms with Gasteiger partial charge in [0.25, 0.3) is 0 Å². The molecule has 0 saturated carbocycles. The van der Waals surface area contributed by atoms with Gasteiger partial charge < -0.3 is 10.3 Å². The minimum atomic E-state index is 0.784. The Morgan fingerprint density at radius 2 is 1.95 bits per heavy atom. The van der Waals surface area contributed by atoms with Crippen LogP contribution in [0.3, 0.4) is 0 Å². The van der Waals surface area contributed by atoms with Gasteiger partial charge in [0, 0.05) is 17.3 Å². The maximum atomic E-state index is 6.00. The number of nitrogen functional groups attached to an aromatic ring is 1. The summed E-state index contributed by atoms with van der Waals surface area (Å²) in [5.41, 5.74) is 9.05. The second-order valence-electron chi connectivity index (χ2n) is 4.80. The Labute approximate surface area is 120 Å². The van der Waals surface area contributed by atoms with Gasteiger partial charge in [0.05, 0.1) is 22.3 Å². The van der Waals surface area contributed by atoms with Gasteiger partial charge in [0.15, 0.2) is 0 Å². The molecule has 3 nitrogen and oxygen atoms in total. The molecule has 0 aliphatic carbocycles. The SMILES string of the molecule is Nc1cccc2c1ccn2Cc1nc2ccccc2s1. The van der Waals surface area contributed by atoms with Crippen LogP contribution in [0.25, 0.3) is 21.1 Å². The Balaban J connectivity index is 1.78. The fraction of sp³-hybridized carbons (Fsp3) is 0.0625. The summed E-state index contributed by atoms with van der Waals surface area (Å²) in [6.45, 7) is 0.784. The van der Waals surface area contributed by atoms with Crippen LogP contribution >= 0.6 is 11.3 Å². The molecule has 0 unspecified atom stereocenters. The first kappa shape index (κ1) is 11.5. The highest BCUT2D eigenvalue weighted by Crippen LogP contribution is 2.26. The van der Waals surface area contributed by atoms with E-state index >= 15 is 0 Å². The third kappa shape index (κ3) is 1.77. The number of nitrogens with two attached hydrogens (primary N) is 1. The molecule has 2 aromatic heterocycles. The highest BCUT2D eigenvalue weighted by molar-refractivity contribution is 7.18. The minimum Gasteiger partial charge on any atom is -0.398 e. The number of para-hydroxylation sites is 1. The average Bonchev–Trinajstić information content (AvgIpc) is 3.04. The summed E-state index contributed by atoms with van der Waals surface area (Å²) in [5.74, 6) is 0. The third-order valence-electron chi connectivity index (χ3n) is 3.49.